The van der Waals surface area contributed by atoms with Gasteiger partial charge in [-0.3, -0.25) is 0 Å². The molecule has 1 saturated carbocycles. The lowest BCUT2D eigenvalue weighted by molar-refractivity contribution is 0.423. The third-order valence-electron chi connectivity index (χ3n) is 3.69. The topological polar surface area (TPSA) is 72.2 Å². The minimum Gasteiger partial charge on any atom is -0.399 e. The molecule has 1 aromatic carbocycles. The molecule has 1 atom stereocenters. The first-order chi connectivity index (χ1) is 8.90. The van der Waals surface area contributed by atoms with Gasteiger partial charge in [-0.2, -0.15) is 0 Å². The van der Waals surface area contributed by atoms with Crippen LogP contribution in [0.15, 0.2) is 23.1 Å². The van der Waals surface area contributed by atoms with Crippen LogP contribution in [0.3, 0.4) is 0 Å². The molecule has 106 valence electrons. The number of benzene rings is 1. The third-order valence-corrected chi connectivity index (χ3v) is 5.27. The monoisotopic (exact) mass is 286 g/mol. The summed E-state index contributed by atoms with van der Waals surface area (Å²) >= 11 is 0. The van der Waals surface area contributed by atoms with E-state index in [9.17, 15) is 12.8 Å². The number of hydrogen-bond acceptors (Lipinski definition) is 3. The number of anilines is 1. The number of halogens is 1. The number of nitrogens with one attached hydrogen (secondary N) is 1. The van der Waals surface area contributed by atoms with E-state index >= 15 is 0 Å². The second-order valence-electron chi connectivity index (χ2n) is 5.14. The van der Waals surface area contributed by atoms with E-state index < -0.39 is 15.8 Å². The Morgan fingerprint density at radius 1 is 1.37 bits per heavy atom. The van der Waals surface area contributed by atoms with Crippen LogP contribution < -0.4 is 10.5 Å². The highest BCUT2D eigenvalue weighted by molar-refractivity contribution is 7.89. The summed E-state index contributed by atoms with van der Waals surface area (Å²) in [6.07, 6.45) is 4.29. The molecule has 1 aliphatic rings. The normalized spacial score (nSPS) is 18.6. The van der Waals surface area contributed by atoms with Gasteiger partial charge in [0.05, 0.1) is 0 Å². The van der Waals surface area contributed by atoms with Crippen LogP contribution in [-0.2, 0) is 10.0 Å². The zero-order valence-corrected chi connectivity index (χ0v) is 11.7. The van der Waals surface area contributed by atoms with Crippen molar-refractivity contribution in [3.8, 4) is 0 Å². The molecule has 0 aromatic heterocycles. The molecular formula is C13H19FN2O2S. The van der Waals surface area contributed by atoms with Crippen molar-refractivity contribution in [3.63, 3.8) is 0 Å². The van der Waals surface area contributed by atoms with Gasteiger partial charge in [0.15, 0.2) is 0 Å². The second-order valence-corrected chi connectivity index (χ2v) is 6.83. The molecule has 1 aliphatic carbocycles. The van der Waals surface area contributed by atoms with Crippen molar-refractivity contribution in [2.75, 3.05) is 5.73 Å². The molecule has 1 unspecified atom stereocenters. The Hall–Kier alpha value is -1.14. The summed E-state index contributed by atoms with van der Waals surface area (Å²) in [4.78, 5) is -0.377. The van der Waals surface area contributed by atoms with E-state index in [1.54, 1.807) is 0 Å². The van der Waals surface area contributed by atoms with Gasteiger partial charge in [0.2, 0.25) is 10.0 Å². The van der Waals surface area contributed by atoms with Crippen LogP contribution in [0.4, 0.5) is 10.1 Å². The summed E-state index contributed by atoms with van der Waals surface area (Å²) in [6.45, 7) is 1.83. The van der Waals surface area contributed by atoms with Crippen LogP contribution in [-0.4, -0.2) is 14.5 Å². The molecule has 0 saturated heterocycles. The molecule has 0 amide bonds. The van der Waals surface area contributed by atoms with Gasteiger partial charge in [-0.05, 0) is 43.9 Å². The second kappa shape index (κ2) is 5.46. The van der Waals surface area contributed by atoms with Crippen LogP contribution in [0.25, 0.3) is 0 Å². The zero-order valence-electron chi connectivity index (χ0n) is 10.9. The standard InChI is InChI=1S/C13H19FN2O2S/c1-9(10-4-2-3-5-10)16-19(17,18)13-8-11(15)6-7-12(13)14/h6-10,16H,2-5,15H2,1H3. The Morgan fingerprint density at radius 2 is 2.00 bits per heavy atom. The Morgan fingerprint density at radius 3 is 2.63 bits per heavy atom. The number of sulfonamides is 1. The molecule has 3 N–H and O–H groups in total. The van der Waals surface area contributed by atoms with E-state index in [-0.39, 0.29) is 16.6 Å². The predicted octanol–water partition coefficient (Wildman–Crippen LogP) is 2.26. The van der Waals surface area contributed by atoms with E-state index in [0.717, 1.165) is 37.8 Å². The number of nitrogen functional groups attached to an aromatic ring is 1. The Kier molecular flexibility index (Phi) is 4.10. The van der Waals surface area contributed by atoms with Crippen molar-refractivity contribution < 1.29 is 12.8 Å². The van der Waals surface area contributed by atoms with Crippen LogP contribution in [0, 0.1) is 11.7 Å². The summed E-state index contributed by atoms with van der Waals surface area (Å²) < 4.78 is 40.5. The molecule has 0 heterocycles. The van der Waals surface area contributed by atoms with Gasteiger partial charge < -0.3 is 5.73 Å². The highest BCUT2D eigenvalue weighted by Gasteiger charge is 2.27. The van der Waals surface area contributed by atoms with Crippen LogP contribution in [0.2, 0.25) is 0 Å². The summed E-state index contributed by atoms with van der Waals surface area (Å²) in [5, 5.41) is 0. The molecule has 19 heavy (non-hydrogen) atoms. The maximum Gasteiger partial charge on any atom is 0.243 e. The molecule has 1 aromatic rings. The van der Waals surface area contributed by atoms with Crippen molar-refractivity contribution in [1.82, 2.24) is 4.72 Å². The van der Waals surface area contributed by atoms with Crippen molar-refractivity contribution in [2.45, 2.75) is 43.5 Å². The maximum atomic E-state index is 13.6. The van der Waals surface area contributed by atoms with Gasteiger partial charge in [-0.15, -0.1) is 0 Å². The lowest BCUT2D eigenvalue weighted by atomic mass is 10.0. The van der Waals surface area contributed by atoms with E-state index in [1.165, 1.54) is 6.07 Å². The molecule has 0 bridgehead atoms. The zero-order chi connectivity index (χ0) is 14.0. The molecular weight excluding hydrogens is 267 g/mol. The lowest BCUT2D eigenvalue weighted by Crippen LogP contribution is -2.37. The van der Waals surface area contributed by atoms with Gasteiger partial charge in [-0.25, -0.2) is 17.5 Å². The highest BCUT2D eigenvalue weighted by atomic mass is 32.2. The van der Waals surface area contributed by atoms with Crippen LogP contribution in [0.5, 0.6) is 0 Å². The summed E-state index contributed by atoms with van der Waals surface area (Å²) in [5.41, 5.74) is 5.75. The highest BCUT2D eigenvalue weighted by Crippen LogP contribution is 2.28. The van der Waals surface area contributed by atoms with Gasteiger partial charge in [0.1, 0.15) is 10.7 Å². The minimum atomic E-state index is -3.86. The average Bonchev–Trinajstić information content (AvgIpc) is 2.85. The molecule has 4 nitrogen and oxygen atoms in total. The molecule has 0 spiro atoms. The number of rotatable bonds is 4. The molecule has 6 heteroatoms. The van der Waals surface area contributed by atoms with Gasteiger partial charge in [0, 0.05) is 11.7 Å². The molecule has 0 aliphatic heterocycles. The van der Waals surface area contributed by atoms with Gasteiger partial charge in [0.25, 0.3) is 0 Å². The first-order valence-electron chi connectivity index (χ1n) is 6.47. The third kappa shape index (κ3) is 3.25. The largest absolute Gasteiger partial charge is 0.399 e. The SMILES string of the molecule is CC(NS(=O)(=O)c1cc(N)ccc1F)C1CCCC1. The molecule has 2 rings (SSSR count). The molecule has 1 fully saturated rings. The number of nitrogens with two attached hydrogens (primary N) is 1. The van der Waals surface area contributed by atoms with Gasteiger partial charge in [-0.1, -0.05) is 12.8 Å². The molecule has 0 radical (unpaired) electrons. The van der Waals surface area contributed by atoms with Crippen molar-refractivity contribution >= 4 is 15.7 Å². The summed E-state index contributed by atoms with van der Waals surface area (Å²) in [7, 11) is -3.86. The minimum absolute atomic E-state index is 0.187. The predicted molar refractivity (Wildman–Crippen MR) is 72.6 cm³/mol. The Balaban J connectivity index is 2.19. The fourth-order valence-electron chi connectivity index (χ4n) is 2.59. The fraction of sp³-hybridized carbons (Fsp3) is 0.538. The van der Waals surface area contributed by atoms with E-state index in [0.29, 0.717) is 5.92 Å². The number of hydrogen-bond donors (Lipinski definition) is 2. The maximum absolute atomic E-state index is 13.6. The Bertz CT molecular complexity index is 554. The van der Waals surface area contributed by atoms with Gasteiger partial charge >= 0.3 is 0 Å². The van der Waals surface area contributed by atoms with Crippen LogP contribution >= 0.6 is 0 Å². The van der Waals surface area contributed by atoms with Crippen molar-refractivity contribution in [3.05, 3.63) is 24.0 Å². The van der Waals surface area contributed by atoms with E-state index in [1.807, 2.05) is 6.92 Å². The quantitative estimate of drug-likeness (QED) is 0.834. The first-order valence-corrected chi connectivity index (χ1v) is 7.96. The van der Waals surface area contributed by atoms with E-state index in [2.05, 4.69) is 4.72 Å². The van der Waals surface area contributed by atoms with E-state index in [4.69, 9.17) is 5.73 Å². The fourth-order valence-corrected chi connectivity index (χ4v) is 4.01. The lowest BCUT2D eigenvalue weighted by Gasteiger charge is -2.20. The Labute approximate surface area is 113 Å². The van der Waals surface area contributed by atoms with Crippen LogP contribution in [0.1, 0.15) is 32.6 Å². The first kappa shape index (κ1) is 14.3. The summed E-state index contributed by atoms with van der Waals surface area (Å²) in [5.74, 6) is -0.445. The average molecular weight is 286 g/mol. The van der Waals surface area contributed by atoms with Crippen molar-refractivity contribution in [2.24, 2.45) is 5.92 Å². The summed E-state index contributed by atoms with van der Waals surface area (Å²) in [6, 6.07) is 3.38. The smallest absolute Gasteiger partial charge is 0.243 e. The van der Waals surface area contributed by atoms with Crippen molar-refractivity contribution in [1.29, 1.82) is 0 Å².